The molecule has 21 heavy (non-hydrogen) atoms. The Morgan fingerprint density at radius 3 is 2.81 bits per heavy atom. The fourth-order valence-electron chi connectivity index (χ4n) is 3.11. The van der Waals surface area contributed by atoms with E-state index < -0.39 is 10.0 Å². The van der Waals surface area contributed by atoms with Crippen molar-refractivity contribution in [1.82, 2.24) is 4.98 Å². The Labute approximate surface area is 127 Å². The summed E-state index contributed by atoms with van der Waals surface area (Å²) < 4.78 is 22.5. The number of primary sulfonamides is 1. The van der Waals surface area contributed by atoms with Crippen LogP contribution in [0, 0.1) is 11.3 Å². The van der Waals surface area contributed by atoms with E-state index in [1.54, 1.807) is 12.1 Å². The summed E-state index contributed by atoms with van der Waals surface area (Å²) in [6.07, 6.45) is 6.24. The molecule has 1 saturated carbocycles. The highest BCUT2D eigenvalue weighted by Gasteiger charge is 2.30. The lowest BCUT2D eigenvalue weighted by atomic mass is 9.89. The van der Waals surface area contributed by atoms with Gasteiger partial charge in [0.2, 0.25) is 0 Å². The summed E-state index contributed by atoms with van der Waals surface area (Å²) in [7, 11) is -3.73. The van der Waals surface area contributed by atoms with Crippen molar-refractivity contribution in [2.45, 2.75) is 51.0 Å². The summed E-state index contributed by atoms with van der Waals surface area (Å²) in [6, 6.07) is 4.81. The second-order valence-corrected chi connectivity index (χ2v) is 8.26. The van der Waals surface area contributed by atoms with Crippen molar-refractivity contribution in [3.8, 4) is 0 Å². The smallest absolute Gasteiger partial charge is 0.255 e. The largest absolute Gasteiger partial charge is 0.370 e. The lowest BCUT2D eigenvalue weighted by Gasteiger charge is -2.17. The molecule has 118 valence electrons. The van der Waals surface area contributed by atoms with Gasteiger partial charge in [0, 0.05) is 6.54 Å². The van der Waals surface area contributed by atoms with Crippen LogP contribution in [0.1, 0.15) is 46.0 Å². The fourth-order valence-corrected chi connectivity index (χ4v) is 3.60. The summed E-state index contributed by atoms with van der Waals surface area (Å²) in [5, 5.41) is 8.15. The number of nitrogens with zero attached hydrogens (tertiary/aromatic N) is 1. The van der Waals surface area contributed by atoms with Gasteiger partial charge in [0.25, 0.3) is 10.0 Å². The van der Waals surface area contributed by atoms with E-state index in [0.29, 0.717) is 11.2 Å². The molecule has 0 spiro atoms. The van der Waals surface area contributed by atoms with E-state index in [9.17, 15) is 8.42 Å². The van der Waals surface area contributed by atoms with Crippen molar-refractivity contribution in [1.29, 1.82) is 0 Å². The molecule has 5 nitrogen and oxygen atoms in total. The van der Waals surface area contributed by atoms with Crippen molar-refractivity contribution in [2.75, 3.05) is 11.9 Å². The van der Waals surface area contributed by atoms with Gasteiger partial charge >= 0.3 is 0 Å². The third kappa shape index (κ3) is 4.97. The second kappa shape index (κ2) is 6.32. The molecule has 0 amide bonds. The summed E-state index contributed by atoms with van der Waals surface area (Å²) in [5.74, 6) is 1.39. The van der Waals surface area contributed by atoms with Gasteiger partial charge in [-0.15, -0.1) is 0 Å². The Hall–Kier alpha value is -1.14. The van der Waals surface area contributed by atoms with Gasteiger partial charge in [-0.2, -0.15) is 0 Å². The van der Waals surface area contributed by atoms with Crippen LogP contribution in [0.3, 0.4) is 0 Å². The van der Waals surface area contributed by atoms with Gasteiger partial charge in [0.05, 0.1) is 0 Å². The molecule has 1 unspecified atom stereocenters. The Balaban J connectivity index is 1.77. The second-order valence-electron chi connectivity index (χ2n) is 6.75. The highest BCUT2D eigenvalue weighted by molar-refractivity contribution is 7.89. The molecule has 1 aliphatic carbocycles. The predicted molar refractivity (Wildman–Crippen MR) is 84.5 cm³/mol. The third-order valence-electron chi connectivity index (χ3n) is 4.18. The molecule has 1 heterocycles. The van der Waals surface area contributed by atoms with E-state index in [4.69, 9.17) is 5.14 Å². The van der Waals surface area contributed by atoms with Crippen LogP contribution in [-0.2, 0) is 10.0 Å². The number of hydrogen-bond donors (Lipinski definition) is 2. The molecule has 1 aromatic heterocycles. The highest BCUT2D eigenvalue weighted by Crippen LogP contribution is 2.42. The van der Waals surface area contributed by atoms with Gasteiger partial charge in [-0.3, -0.25) is 0 Å². The Kier molecular flexibility index (Phi) is 4.88. The van der Waals surface area contributed by atoms with Gasteiger partial charge in [-0.25, -0.2) is 18.5 Å². The molecular formula is C15H25N3O2S. The number of hydrogen-bond acceptors (Lipinski definition) is 4. The molecular weight excluding hydrogens is 286 g/mol. The van der Waals surface area contributed by atoms with Crippen molar-refractivity contribution in [2.24, 2.45) is 16.5 Å². The van der Waals surface area contributed by atoms with E-state index in [0.717, 1.165) is 18.9 Å². The Bertz CT molecular complexity index is 584. The average molecular weight is 311 g/mol. The highest BCUT2D eigenvalue weighted by atomic mass is 32.2. The third-order valence-corrected chi connectivity index (χ3v) is 4.99. The number of nitrogens with two attached hydrogens (primary N) is 1. The van der Waals surface area contributed by atoms with Gasteiger partial charge < -0.3 is 5.32 Å². The number of pyridine rings is 1. The van der Waals surface area contributed by atoms with Crippen molar-refractivity contribution in [3.63, 3.8) is 0 Å². The van der Waals surface area contributed by atoms with Gasteiger partial charge in [-0.1, -0.05) is 19.9 Å². The van der Waals surface area contributed by atoms with Crippen molar-refractivity contribution in [3.05, 3.63) is 18.2 Å². The fraction of sp³-hybridized carbons (Fsp3) is 0.667. The van der Waals surface area contributed by atoms with E-state index in [2.05, 4.69) is 24.1 Å². The van der Waals surface area contributed by atoms with Crippen LogP contribution in [0.5, 0.6) is 0 Å². The predicted octanol–water partition coefficient (Wildman–Crippen LogP) is 2.75. The Morgan fingerprint density at radius 1 is 1.43 bits per heavy atom. The molecule has 1 atom stereocenters. The lowest BCUT2D eigenvalue weighted by Crippen LogP contribution is -2.15. The molecule has 0 aromatic carbocycles. The minimum absolute atomic E-state index is 0.0926. The zero-order chi connectivity index (χ0) is 15.5. The zero-order valence-corrected chi connectivity index (χ0v) is 13.6. The average Bonchev–Trinajstić information content (AvgIpc) is 2.74. The van der Waals surface area contributed by atoms with E-state index in [1.807, 2.05) is 0 Å². The van der Waals surface area contributed by atoms with Crippen LogP contribution in [0.25, 0.3) is 0 Å². The summed E-state index contributed by atoms with van der Waals surface area (Å²) in [4.78, 5) is 4.01. The minimum Gasteiger partial charge on any atom is -0.370 e. The van der Waals surface area contributed by atoms with E-state index in [-0.39, 0.29) is 5.03 Å². The summed E-state index contributed by atoms with van der Waals surface area (Å²) in [6.45, 7) is 5.49. The van der Waals surface area contributed by atoms with Crippen molar-refractivity contribution >= 4 is 15.8 Å². The molecule has 1 aromatic rings. The maximum atomic E-state index is 11.2. The number of sulfonamides is 1. The topological polar surface area (TPSA) is 85.1 Å². The van der Waals surface area contributed by atoms with E-state index in [1.165, 1.54) is 31.7 Å². The van der Waals surface area contributed by atoms with Crippen LogP contribution < -0.4 is 10.5 Å². The normalized spacial score (nSPS) is 21.4. The Morgan fingerprint density at radius 2 is 2.19 bits per heavy atom. The number of aromatic nitrogens is 1. The molecule has 0 saturated heterocycles. The van der Waals surface area contributed by atoms with Crippen LogP contribution in [0.2, 0.25) is 0 Å². The molecule has 2 rings (SSSR count). The molecule has 1 fully saturated rings. The van der Waals surface area contributed by atoms with Crippen molar-refractivity contribution < 1.29 is 8.42 Å². The standard InChI is InChI=1S/C15H25N3O2S/c1-15(2)9-8-12(11-15)5-4-10-17-13-6-3-7-14(18-13)21(16,19)20/h3,6-7,12H,4-5,8-11H2,1-2H3,(H,17,18)(H2,16,19,20). The zero-order valence-electron chi connectivity index (χ0n) is 12.8. The lowest BCUT2D eigenvalue weighted by molar-refractivity contribution is 0.352. The molecule has 3 N–H and O–H groups in total. The molecule has 1 aliphatic rings. The number of nitrogens with one attached hydrogen (secondary N) is 1. The summed E-state index contributed by atoms with van der Waals surface area (Å²) >= 11 is 0. The van der Waals surface area contributed by atoms with Gasteiger partial charge in [0.15, 0.2) is 5.03 Å². The number of anilines is 1. The van der Waals surface area contributed by atoms with E-state index >= 15 is 0 Å². The molecule has 0 bridgehead atoms. The molecule has 0 aliphatic heterocycles. The maximum absolute atomic E-state index is 11.2. The van der Waals surface area contributed by atoms with Crippen LogP contribution in [-0.4, -0.2) is 19.9 Å². The summed E-state index contributed by atoms with van der Waals surface area (Å²) in [5.41, 5.74) is 0.503. The first-order chi connectivity index (χ1) is 9.76. The van der Waals surface area contributed by atoms with Gasteiger partial charge in [-0.05, 0) is 55.6 Å². The molecule has 0 radical (unpaired) electrons. The van der Waals surface area contributed by atoms with Crippen LogP contribution in [0.15, 0.2) is 23.2 Å². The first kappa shape index (κ1) is 16.2. The minimum atomic E-state index is -3.73. The SMILES string of the molecule is CC1(C)CCC(CCCNc2cccc(S(N)(=O)=O)n2)C1. The van der Waals surface area contributed by atoms with Crippen LogP contribution >= 0.6 is 0 Å². The van der Waals surface area contributed by atoms with Crippen LogP contribution in [0.4, 0.5) is 5.82 Å². The first-order valence-corrected chi connectivity index (χ1v) is 9.05. The molecule has 6 heteroatoms. The first-order valence-electron chi connectivity index (χ1n) is 7.50. The quantitative estimate of drug-likeness (QED) is 0.791. The maximum Gasteiger partial charge on any atom is 0.255 e. The van der Waals surface area contributed by atoms with Gasteiger partial charge in [0.1, 0.15) is 5.82 Å². The monoisotopic (exact) mass is 311 g/mol. The number of rotatable bonds is 6.